The van der Waals surface area contributed by atoms with Crippen LogP contribution in [0.2, 0.25) is 0 Å². The van der Waals surface area contributed by atoms with E-state index in [2.05, 4.69) is 0 Å². The van der Waals surface area contributed by atoms with E-state index in [1.807, 2.05) is 30.3 Å². The summed E-state index contributed by atoms with van der Waals surface area (Å²) in [6, 6.07) is 9.37. The molecule has 1 aromatic rings. The molecule has 0 heterocycles. The minimum Gasteiger partial charge on any atom is -0.298 e. The highest BCUT2D eigenvalue weighted by Gasteiger charge is 1.87. The molecule has 0 aliphatic carbocycles. The molecule has 0 spiro atoms. The number of hydrogen-bond donors (Lipinski definition) is 2. The second kappa shape index (κ2) is 3.06. The van der Waals surface area contributed by atoms with Crippen molar-refractivity contribution >= 4 is 0 Å². The lowest BCUT2D eigenvalue weighted by Crippen LogP contribution is -2.93. The van der Waals surface area contributed by atoms with Gasteiger partial charge in [-0.2, -0.15) is 0 Å². The molecule has 4 N–H and O–H groups in total. The van der Waals surface area contributed by atoms with E-state index in [4.69, 9.17) is 10.7 Å². The standard InChI is InChI=1S/C6H8N2O/c7-8-9-6-4-2-1-3-5-6/h1-5,8H,7H2/p+1. The monoisotopic (exact) mass is 125 g/mol. The van der Waals surface area contributed by atoms with Crippen molar-refractivity contribution in [2.75, 3.05) is 0 Å². The Kier molecular flexibility index (Phi) is 2.06. The number of hydrogen-bond acceptors (Lipinski definition) is 2. The summed E-state index contributed by atoms with van der Waals surface area (Å²) in [5.41, 5.74) is 1.16. The van der Waals surface area contributed by atoms with Crippen LogP contribution < -0.4 is 16.3 Å². The summed E-state index contributed by atoms with van der Waals surface area (Å²) in [4.78, 5) is 4.86. The Morgan fingerprint density at radius 3 is 2.44 bits per heavy atom. The maximum atomic E-state index is 5.01. The smallest absolute Gasteiger partial charge is 0.192 e. The normalized spacial score (nSPS) is 9.00. The predicted octanol–water partition coefficient (Wildman–Crippen LogP) is -0.582. The largest absolute Gasteiger partial charge is 0.298 e. The molecule has 0 aliphatic rings. The van der Waals surface area contributed by atoms with Crippen molar-refractivity contribution < 1.29 is 10.4 Å². The van der Waals surface area contributed by atoms with Gasteiger partial charge in [0.05, 0.1) is 0 Å². The van der Waals surface area contributed by atoms with Crippen LogP contribution in [0.25, 0.3) is 0 Å². The third-order valence-corrected chi connectivity index (χ3v) is 0.947. The molecule has 0 bridgehead atoms. The molecule has 0 atom stereocenters. The van der Waals surface area contributed by atoms with Gasteiger partial charge in [-0.1, -0.05) is 23.8 Å². The summed E-state index contributed by atoms with van der Waals surface area (Å²) in [6.07, 6.45) is 0. The van der Waals surface area contributed by atoms with Crippen LogP contribution in [0.15, 0.2) is 30.3 Å². The van der Waals surface area contributed by atoms with Crippen molar-refractivity contribution in [1.29, 1.82) is 0 Å². The fraction of sp³-hybridized carbons (Fsp3) is 0. The van der Waals surface area contributed by atoms with Crippen molar-refractivity contribution in [2.24, 2.45) is 5.84 Å². The van der Waals surface area contributed by atoms with Gasteiger partial charge in [0, 0.05) is 0 Å². The Labute approximate surface area is 53.4 Å². The van der Waals surface area contributed by atoms with E-state index in [9.17, 15) is 0 Å². The van der Waals surface area contributed by atoms with Crippen molar-refractivity contribution in [3.05, 3.63) is 30.3 Å². The van der Waals surface area contributed by atoms with E-state index in [0.29, 0.717) is 0 Å². The quantitative estimate of drug-likeness (QED) is 0.410. The van der Waals surface area contributed by atoms with Gasteiger partial charge in [-0.25, -0.2) is 0 Å². The number of nitrogens with two attached hydrogens (primary N) is 2. The Morgan fingerprint density at radius 1 is 1.22 bits per heavy atom. The van der Waals surface area contributed by atoms with Gasteiger partial charge >= 0.3 is 0 Å². The van der Waals surface area contributed by atoms with Crippen molar-refractivity contribution in [2.45, 2.75) is 0 Å². The molecular weight excluding hydrogens is 116 g/mol. The second-order valence-electron chi connectivity index (χ2n) is 1.57. The number of quaternary nitrogens is 1. The third-order valence-electron chi connectivity index (χ3n) is 0.947. The molecular formula is C6H9N2O+. The highest BCUT2D eigenvalue weighted by atomic mass is 16.7. The molecule has 0 aromatic heterocycles. The molecule has 1 rings (SSSR count). The maximum absolute atomic E-state index is 5.01. The first kappa shape index (κ1) is 6.07. The Hall–Kier alpha value is -1.06. The molecule has 0 aliphatic heterocycles. The van der Waals surface area contributed by atoms with Crippen molar-refractivity contribution in [3.63, 3.8) is 0 Å². The summed E-state index contributed by atoms with van der Waals surface area (Å²) in [6.45, 7) is 0. The van der Waals surface area contributed by atoms with Crippen molar-refractivity contribution in [1.82, 2.24) is 0 Å². The van der Waals surface area contributed by atoms with E-state index in [-0.39, 0.29) is 0 Å². The molecule has 0 amide bonds. The SMILES string of the molecule is N[NH2+]Oc1ccccc1. The zero-order valence-corrected chi connectivity index (χ0v) is 4.95. The lowest BCUT2D eigenvalue weighted by molar-refractivity contribution is -0.868. The molecule has 0 radical (unpaired) electrons. The Balaban J connectivity index is 2.61. The van der Waals surface area contributed by atoms with Crippen LogP contribution in [0.1, 0.15) is 0 Å². The molecule has 0 fully saturated rings. The highest BCUT2D eigenvalue weighted by molar-refractivity contribution is 5.19. The van der Waals surface area contributed by atoms with Gasteiger partial charge in [-0.15, -0.1) is 5.84 Å². The van der Waals surface area contributed by atoms with Crippen molar-refractivity contribution in [3.8, 4) is 5.75 Å². The first-order valence-electron chi connectivity index (χ1n) is 2.68. The first-order chi connectivity index (χ1) is 4.43. The molecule has 0 saturated heterocycles. The predicted molar refractivity (Wildman–Crippen MR) is 33.2 cm³/mol. The van der Waals surface area contributed by atoms with Gasteiger partial charge in [0.25, 0.3) is 0 Å². The minimum absolute atomic E-state index is 0.764. The van der Waals surface area contributed by atoms with E-state index >= 15 is 0 Å². The minimum atomic E-state index is 0.764. The molecule has 0 saturated carbocycles. The van der Waals surface area contributed by atoms with Gasteiger partial charge in [0.15, 0.2) is 5.75 Å². The van der Waals surface area contributed by atoms with Gasteiger partial charge in [0.1, 0.15) is 0 Å². The average Bonchev–Trinajstić information content (AvgIpc) is 1.91. The number of benzene rings is 1. The van der Waals surface area contributed by atoms with Gasteiger partial charge in [0.2, 0.25) is 0 Å². The van der Waals surface area contributed by atoms with Crippen LogP contribution in [-0.4, -0.2) is 0 Å². The summed E-state index contributed by atoms with van der Waals surface area (Å²) in [5, 5.41) is 0. The molecule has 9 heavy (non-hydrogen) atoms. The molecule has 48 valence electrons. The number of para-hydroxylation sites is 1. The fourth-order valence-electron chi connectivity index (χ4n) is 0.578. The van der Waals surface area contributed by atoms with E-state index < -0.39 is 0 Å². The van der Waals surface area contributed by atoms with Gasteiger partial charge in [-0.05, 0) is 12.1 Å². The summed E-state index contributed by atoms with van der Waals surface area (Å²) >= 11 is 0. The van der Waals surface area contributed by atoms with Crippen LogP contribution in [0.5, 0.6) is 5.75 Å². The summed E-state index contributed by atoms with van der Waals surface area (Å²) < 4.78 is 0. The zero-order chi connectivity index (χ0) is 6.53. The van der Waals surface area contributed by atoms with E-state index in [1.165, 1.54) is 0 Å². The Bertz CT molecular complexity index is 164. The maximum Gasteiger partial charge on any atom is 0.192 e. The van der Waals surface area contributed by atoms with E-state index in [1.54, 1.807) is 0 Å². The fourth-order valence-corrected chi connectivity index (χ4v) is 0.578. The van der Waals surface area contributed by atoms with Gasteiger partial charge in [-0.3, -0.25) is 4.84 Å². The third kappa shape index (κ3) is 1.71. The Morgan fingerprint density at radius 2 is 1.89 bits per heavy atom. The highest BCUT2D eigenvalue weighted by Crippen LogP contribution is 2.03. The molecule has 0 unspecified atom stereocenters. The average molecular weight is 125 g/mol. The van der Waals surface area contributed by atoms with Crippen LogP contribution >= 0.6 is 0 Å². The van der Waals surface area contributed by atoms with E-state index in [0.717, 1.165) is 11.3 Å². The van der Waals surface area contributed by atoms with Gasteiger partial charge < -0.3 is 0 Å². The second-order valence-corrected chi connectivity index (χ2v) is 1.57. The lowest BCUT2D eigenvalue weighted by atomic mass is 10.3. The van der Waals surface area contributed by atoms with Crippen LogP contribution in [0.4, 0.5) is 0 Å². The van der Waals surface area contributed by atoms with Crippen LogP contribution in [-0.2, 0) is 0 Å². The summed E-state index contributed by atoms with van der Waals surface area (Å²) in [5.74, 6) is 5.78. The lowest BCUT2D eigenvalue weighted by Gasteiger charge is -1.94. The molecule has 3 heteroatoms. The first-order valence-corrected chi connectivity index (χ1v) is 2.68. The van der Waals surface area contributed by atoms with Crippen LogP contribution in [0, 0.1) is 0 Å². The van der Waals surface area contributed by atoms with Crippen LogP contribution in [0.3, 0.4) is 0 Å². The topological polar surface area (TPSA) is 51.9 Å². The summed E-state index contributed by atoms with van der Waals surface area (Å²) in [7, 11) is 0. The molecule has 3 nitrogen and oxygen atoms in total. The zero-order valence-electron chi connectivity index (χ0n) is 4.95. The molecule has 1 aromatic carbocycles. The number of rotatable bonds is 2.